The molecule has 1 aromatic rings. The Labute approximate surface area is 121 Å². The molecule has 1 aliphatic heterocycles. The second-order valence-electron chi connectivity index (χ2n) is 6.07. The van der Waals surface area contributed by atoms with Crippen LogP contribution in [0.2, 0.25) is 0 Å². The van der Waals surface area contributed by atoms with Gasteiger partial charge in [-0.25, -0.2) is 9.97 Å². The Morgan fingerprint density at radius 3 is 2.60 bits per heavy atom. The highest BCUT2D eigenvalue weighted by molar-refractivity contribution is 5.39. The van der Waals surface area contributed by atoms with E-state index < -0.39 is 5.60 Å². The van der Waals surface area contributed by atoms with Crippen molar-refractivity contribution in [1.29, 1.82) is 0 Å². The fourth-order valence-corrected chi connectivity index (χ4v) is 2.46. The minimum atomic E-state index is -0.677. The van der Waals surface area contributed by atoms with Crippen LogP contribution in [-0.4, -0.2) is 47.5 Å². The average molecular weight is 279 g/mol. The van der Waals surface area contributed by atoms with Crippen molar-refractivity contribution < 1.29 is 9.84 Å². The molecular formula is C15H25N3O2. The highest BCUT2D eigenvalue weighted by Gasteiger charge is 2.31. The number of aromatic nitrogens is 2. The van der Waals surface area contributed by atoms with Gasteiger partial charge in [0.05, 0.1) is 5.60 Å². The largest absolute Gasteiger partial charge is 0.388 e. The van der Waals surface area contributed by atoms with Gasteiger partial charge in [-0.3, -0.25) is 0 Å². The molecule has 0 aromatic carbocycles. The first-order valence-electron chi connectivity index (χ1n) is 7.26. The molecule has 1 aromatic heterocycles. The summed E-state index contributed by atoms with van der Waals surface area (Å²) in [6, 6.07) is 1.97. The maximum absolute atomic E-state index is 10.6. The van der Waals surface area contributed by atoms with Crippen molar-refractivity contribution in [1.82, 2.24) is 9.97 Å². The van der Waals surface area contributed by atoms with Crippen molar-refractivity contribution >= 4 is 5.82 Å². The Hall–Kier alpha value is -1.20. The molecule has 2 rings (SSSR count). The molecule has 20 heavy (non-hydrogen) atoms. The number of likely N-dealkylation sites (N-methyl/N-ethyl adjacent to an activating group) is 1. The van der Waals surface area contributed by atoms with Gasteiger partial charge in [-0.05, 0) is 6.92 Å². The number of anilines is 1. The maximum Gasteiger partial charge on any atom is 0.133 e. The molecule has 1 fully saturated rings. The lowest BCUT2D eigenvalue weighted by Crippen LogP contribution is -2.46. The molecule has 2 heterocycles. The van der Waals surface area contributed by atoms with Crippen molar-refractivity contribution in [2.45, 2.75) is 45.1 Å². The number of aryl methyl sites for hydroxylation is 1. The Morgan fingerprint density at radius 1 is 1.35 bits per heavy atom. The minimum Gasteiger partial charge on any atom is -0.388 e. The third-order valence-corrected chi connectivity index (χ3v) is 3.72. The van der Waals surface area contributed by atoms with E-state index in [-0.39, 0.29) is 0 Å². The molecule has 112 valence electrons. The summed E-state index contributed by atoms with van der Waals surface area (Å²) in [5.74, 6) is 2.03. The summed E-state index contributed by atoms with van der Waals surface area (Å²) in [6.45, 7) is 7.99. The highest BCUT2D eigenvalue weighted by Crippen LogP contribution is 2.24. The van der Waals surface area contributed by atoms with E-state index in [0.29, 0.717) is 38.5 Å². The molecule has 0 atom stereocenters. The zero-order valence-corrected chi connectivity index (χ0v) is 12.9. The number of hydrogen-bond donors (Lipinski definition) is 1. The lowest BCUT2D eigenvalue weighted by molar-refractivity contribution is -0.0573. The molecular weight excluding hydrogens is 254 g/mol. The van der Waals surface area contributed by atoms with Crippen LogP contribution in [0.3, 0.4) is 0 Å². The summed E-state index contributed by atoms with van der Waals surface area (Å²) in [7, 11) is 1.97. The van der Waals surface area contributed by atoms with E-state index in [4.69, 9.17) is 4.74 Å². The van der Waals surface area contributed by atoms with Crippen molar-refractivity contribution in [3.63, 3.8) is 0 Å². The van der Waals surface area contributed by atoms with E-state index in [9.17, 15) is 5.11 Å². The van der Waals surface area contributed by atoms with Crippen LogP contribution in [0.25, 0.3) is 0 Å². The van der Waals surface area contributed by atoms with Gasteiger partial charge in [0.1, 0.15) is 11.6 Å². The molecule has 5 nitrogen and oxygen atoms in total. The van der Waals surface area contributed by atoms with Crippen LogP contribution >= 0.6 is 0 Å². The molecule has 1 saturated heterocycles. The Bertz CT molecular complexity index is 456. The third kappa shape index (κ3) is 3.67. The normalized spacial score (nSPS) is 18.3. The van der Waals surface area contributed by atoms with Crippen molar-refractivity contribution in [2.75, 3.05) is 31.7 Å². The van der Waals surface area contributed by atoms with E-state index >= 15 is 0 Å². The van der Waals surface area contributed by atoms with Gasteiger partial charge in [-0.1, -0.05) is 13.8 Å². The van der Waals surface area contributed by atoms with Crippen LogP contribution in [0.5, 0.6) is 0 Å². The number of rotatable bonds is 4. The standard InChI is InChI=1S/C15H25N3O2/c1-11(2)14-16-12(3)9-13(17-14)18(4)10-15(19)5-7-20-8-6-15/h9,11,19H,5-8,10H2,1-4H3. The summed E-state index contributed by atoms with van der Waals surface area (Å²) in [4.78, 5) is 11.1. The van der Waals surface area contributed by atoms with Gasteiger partial charge in [0.25, 0.3) is 0 Å². The van der Waals surface area contributed by atoms with Gasteiger partial charge in [0.2, 0.25) is 0 Å². The smallest absolute Gasteiger partial charge is 0.133 e. The summed E-state index contributed by atoms with van der Waals surface area (Å²) in [5, 5.41) is 10.6. The van der Waals surface area contributed by atoms with E-state index in [2.05, 4.69) is 23.8 Å². The van der Waals surface area contributed by atoms with Crippen LogP contribution in [0.1, 0.15) is 44.1 Å². The summed E-state index contributed by atoms with van der Waals surface area (Å²) < 4.78 is 5.32. The molecule has 0 aliphatic carbocycles. The van der Waals surface area contributed by atoms with E-state index in [1.165, 1.54) is 0 Å². The zero-order chi connectivity index (χ0) is 14.8. The summed E-state index contributed by atoms with van der Waals surface area (Å²) in [5.41, 5.74) is 0.286. The van der Waals surface area contributed by atoms with Crippen molar-refractivity contribution in [3.05, 3.63) is 17.6 Å². The molecule has 1 N–H and O–H groups in total. The topological polar surface area (TPSA) is 58.5 Å². The second kappa shape index (κ2) is 6.06. The Balaban J connectivity index is 2.14. The van der Waals surface area contributed by atoms with Crippen LogP contribution < -0.4 is 4.90 Å². The third-order valence-electron chi connectivity index (χ3n) is 3.72. The van der Waals surface area contributed by atoms with Crippen molar-refractivity contribution in [2.24, 2.45) is 0 Å². The fourth-order valence-electron chi connectivity index (χ4n) is 2.46. The SMILES string of the molecule is Cc1cc(N(C)CC2(O)CCOCC2)nc(C(C)C)n1. The summed E-state index contributed by atoms with van der Waals surface area (Å²) >= 11 is 0. The lowest BCUT2D eigenvalue weighted by atomic mass is 9.94. The Morgan fingerprint density at radius 2 is 2.00 bits per heavy atom. The quantitative estimate of drug-likeness (QED) is 0.912. The molecule has 1 aliphatic rings. The first kappa shape index (κ1) is 15.2. The molecule has 0 unspecified atom stereocenters. The van der Waals surface area contributed by atoms with E-state index in [1.807, 2.05) is 24.9 Å². The molecule has 0 spiro atoms. The van der Waals surface area contributed by atoms with E-state index in [1.54, 1.807) is 0 Å². The monoisotopic (exact) mass is 279 g/mol. The Kier molecular flexibility index (Phi) is 4.60. The predicted octanol–water partition coefficient (Wildman–Crippen LogP) is 1.89. The van der Waals surface area contributed by atoms with Gasteiger partial charge >= 0.3 is 0 Å². The van der Waals surface area contributed by atoms with Crippen LogP contribution in [0, 0.1) is 6.92 Å². The van der Waals surface area contributed by atoms with Gasteiger partial charge in [-0.15, -0.1) is 0 Å². The highest BCUT2D eigenvalue weighted by atomic mass is 16.5. The molecule has 0 radical (unpaired) electrons. The predicted molar refractivity (Wildman–Crippen MR) is 79.1 cm³/mol. The lowest BCUT2D eigenvalue weighted by Gasteiger charge is -2.36. The first-order chi connectivity index (χ1) is 9.39. The number of aliphatic hydroxyl groups is 1. The van der Waals surface area contributed by atoms with Crippen LogP contribution in [0.15, 0.2) is 6.07 Å². The van der Waals surface area contributed by atoms with Gasteiger partial charge in [-0.2, -0.15) is 0 Å². The van der Waals surface area contributed by atoms with Gasteiger partial charge < -0.3 is 14.7 Å². The average Bonchev–Trinajstić information content (AvgIpc) is 2.38. The number of ether oxygens (including phenoxy) is 1. The van der Waals surface area contributed by atoms with Crippen molar-refractivity contribution in [3.8, 4) is 0 Å². The van der Waals surface area contributed by atoms with E-state index in [0.717, 1.165) is 17.3 Å². The molecule has 5 heteroatoms. The van der Waals surface area contributed by atoms with Gasteiger partial charge in [0.15, 0.2) is 0 Å². The maximum atomic E-state index is 10.6. The first-order valence-corrected chi connectivity index (χ1v) is 7.26. The second-order valence-corrected chi connectivity index (χ2v) is 6.07. The molecule has 0 saturated carbocycles. The molecule has 0 amide bonds. The zero-order valence-electron chi connectivity index (χ0n) is 12.9. The number of hydrogen-bond acceptors (Lipinski definition) is 5. The van der Waals surface area contributed by atoms with Gasteiger partial charge in [0, 0.05) is 57.3 Å². The fraction of sp³-hybridized carbons (Fsp3) is 0.733. The summed E-state index contributed by atoms with van der Waals surface area (Å²) in [6.07, 6.45) is 1.36. The number of nitrogens with zero attached hydrogens (tertiary/aromatic N) is 3. The van der Waals surface area contributed by atoms with Crippen LogP contribution in [-0.2, 0) is 4.74 Å². The minimum absolute atomic E-state index is 0.299. The van der Waals surface area contributed by atoms with Crippen LogP contribution in [0.4, 0.5) is 5.82 Å². The molecule has 0 bridgehead atoms.